The molecule has 3 aromatic rings. The second kappa shape index (κ2) is 5.38. The van der Waals surface area contributed by atoms with Crippen molar-refractivity contribution in [1.82, 2.24) is 9.97 Å². The molecule has 2 aromatic heterocycles. The van der Waals surface area contributed by atoms with Crippen molar-refractivity contribution < 1.29 is 9.90 Å². The van der Waals surface area contributed by atoms with Gasteiger partial charge in [0.1, 0.15) is 5.01 Å². The largest absolute Gasteiger partial charge is 0.481 e. The fourth-order valence-electron chi connectivity index (χ4n) is 1.96. The normalized spacial score (nSPS) is 10.8. The summed E-state index contributed by atoms with van der Waals surface area (Å²) in [5.74, 6) is -0.802. The Kier molecular flexibility index (Phi) is 3.43. The van der Waals surface area contributed by atoms with E-state index in [0.717, 1.165) is 27.3 Å². The number of carbonyl (C=O) groups is 1. The highest BCUT2D eigenvalue weighted by Gasteiger charge is 2.08. The molecule has 0 radical (unpaired) electrons. The zero-order chi connectivity index (χ0) is 13.9. The maximum Gasteiger partial charge on any atom is 0.303 e. The summed E-state index contributed by atoms with van der Waals surface area (Å²) in [6.45, 7) is 0. The fourth-order valence-corrected chi connectivity index (χ4v) is 2.78. The van der Waals surface area contributed by atoms with E-state index in [1.165, 1.54) is 11.3 Å². The third-order valence-electron chi connectivity index (χ3n) is 2.96. The van der Waals surface area contributed by atoms with Crippen LogP contribution in [0.25, 0.3) is 21.6 Å². The van der Waals surface area contributed by atoms with Gasteiger partial charge in [-0.2, -0.15) is 0 Å². The van der Waals surface area contributed by atoms with Gasteiger partial charge in [0, 0.05) is 17.2 Å². The van der Waals surface area contributed by atoms with Crippen LogP contribution in [0, 0.1) is 0 Å². The number of nitrogens with zero attached hydrogens (tertiary/aromatic N) is 2. The van der Waals surface area contributed by atoms with Crippen LogP contribution < -0.4 is 0 Å². The van der Waals surface area contributed by atoms with Crippen LogP contribution in [0.4, 0.5) is 0 Å². The van der Waals surface area contributed by atoms with Gasteiger partial charge < -0.3 is 5.11 Å². The Hall–Kier alpha value is -2.27. The summed E-state index contributed by atoms with van der Waals surface area (Å²) in [6, 6.07) is 11.9. The zero-order valence-corrected chi connectivity index (χ0v) is 11.4. The first-order valence-electron chi connectivity index (χ1n) is 6.25. The van der Waals surface area contributed by atoms with Crippen LogP contribution in [-0.2, 0) is 11.2 Å². The molecule has 20 heavy (non-hydrogen) atoms. The van der Waals surface area contributed by atoms with Crippen molar-refractivity contribution in [2.75, 3.05) is 0 Å². The lowest BCUT2D eigenvalue weighted by Gasteiger charge is -1.99. The minimum atomic E-state index is -0.802. The van der Waals surface area contributed by atoms with E-state index in [0.29, 0.717) is 6.42 Å². The number of para-hydroxylation sites is 1. The van der Waals surface area contributed by atoms with Crippen molar-refractivity contribution in [1.29, 1.82) is 0 Å². The second-order valence-corrected chi connectivity index (χ2v) is 5.29. The average molecular weight is 284 g/mol. The number of fused-ring (bicyclic) bond motifs is 1. The number of aromatic nitrogens is 2. The summed E-state index contributed by atoms with van der Waals surface area (Å²) >= 11 is 1.50. The monoisotopic (exact) mass is 284 g/mol. The average Bonchev–Trinajstić information content (AvgIpc) is 2.93. The van der Waals surface area contributed by atoms with Gasteiger partial charge in [0.25, 0.3) is 0 Å². The molecule has 3 rings (SSSR count). The number of thiazole rings is 1. The number of pyridine rings is 1. The lowest BCUT2D eigenvalue weighted by molar-refractivity contribution is -0.136. The molecule has 0 amide bonds. The molecule has 0 aliphatic rings. The highest BCUT2D eigenvalue weighted by atomic mass is 32.1. The van der Waals surface area contributed by atoms with E-state index in [1.54, 1.807) is 0 Å². The van der Waals surface area contributed by atoms with Crippen LogP contribution in [0.1, 0.15) is 12.1 Å². The van der Waals surface area contributed by atoms with Crippen molar-refractivity contribution in [3.63, 3.8) is 0 Å². The molecule has 0 atom stereocenters. The number of carboxylic acid groups (broad SMARTS) is 1. The Labute approximate surface area is 119 Å². The van der Waals surface area contributed by atoms with Crippen LogP contribution in [0.15, 0.2) is 41.8 Å². The van der Waals surface area contributed by atoms with Crippen molar-refractivity contribution in [3.8, 4) is 10.7 Å². The predicted octanol–water partition coefficient (Wildman–Crippen LogP) is 3.38. The third kappa shape index (κ3) is 2.67. The standard InChI is InChI=1S/C15H12N2O2S/c18-14(19)8-6-11-9-20-15(16-11)13-7-5-10-3-1-2-4-12(10)17-13/h1-5,7,9H,6,8H2,(H,18,19). The van der Waals surface area contributed by atoms with Crippen LogP contribution in [0.3, 0.4) is 0 Å². The van der Waals surface area contributed by atoms with Gasteiger partial charge in [0.05, 0.1) is 23.3 Å². The summed E-state index contributed by atoms with van der Waals surface area (Å²) in [5.41, 5.74) is 2.57. The summed E-state index contributed by atoms with van der Waals surface area (Å²) in [7, 11) is 0. The first-order valence-corrected chi connectivity index (χ1v) is 7.13. The Balaban J connectivity index is 1.89. The SMILES string of the molecule is O=C(O)CCc1csc(-c2ccc3ccccc3n2)n1. The summed E-state index contributed by atoms with van der Waals surface area (Å²) in [4.78, 5) is 19.6. The van der Waals surface area contributed by atoms with Gasteiger partial charge >= 0.3 is 5.97 Å². The van der Waals surface area contributed by atoms with Gasteiger partial charge in [0.2, 0.25) is 0 Å². The van der Waals surface area contributed by atoms with Crippen molar-refractivity contribution in [2.45, 2.75) is 12.8 Å². The van der Waals surface area contributed by atoms with Gasteiger partial charge in [-0.05, 0) is 12.1 Å². The van der Waals surface area contributed by atoms with E-state index in [9.17, 15) is 4.79 Å². The number of aryl methyl sites for hydroxylation is 1. The van der Waals surface area contributed by atoms with Gasteiger partial charge in [-0.15, -0.1) is 11.3 Å². The highest BCUT2D eigenvalue weighted by Crippen LogP contribution is 2.24. The quantitative estimate of drug-likeness (QED) is 0.797. The predicted molar refractivity (Wildman–Crippen MR) is 78.8 cm³/mol. The minimum absolute atomic E-state index is 0.105. The fraction of sp³-hybridized carbons (Fsp3) is 0.133. The molecule has 2 heterocycles. The maximum atomic E-state index is 10.6. The van der Waals surface area contributed by atoms with Crippen molar-refractivity contribution in [2.24, 2.45) is 0 Å². The Morgan fingerprint density at radius 1 is 1.15 bits per heavy atom. The zero-order valence-electron chi connectivity index (χ0n) is 10.6. The van der Waals surface area contributed by atoms with Crippen LogP contribution in [0.2, 0.25) is 0 Å². The molecule has 0 spiro atoms. The summed E-state index contributed by atoms with van der Waals surface area (Å²) < 4.78 is 0. The molecule has 0 unspecified atom stereocenters. The van der Waals surface area contributed by atoms with E-state index in [4.69, 9.17) is 5.11 Å². The number of rotatable bonds is 4. The summed E-state index contributed by atoms with van der Waals surface area (Å²) in [5, 5.41) is 12.5. The molecule has 0 saturated heterocycles. The minimum Gasteiger partial charge on any atom is -0.481 e. The number of aliphatic carboxylic acids is 1. The van der Waals surface area contributed by atoms with Gasteiger partial charge in [-0.1, -0.05) is 24.3 Å². The van der Waals surface area contributed by atoms with Gasteiger partial charge in [-0.3, -0.25) is 4.79 Å². The molecular formula is C15H12N2O2S. The molecule has 5 heteroatoms. The number of hydrogen-bond acceptors (Lipinski definition) is 4. The molecule has 0 saturated carbocycles. The smallest absolute Gasteiger partial charge is 0.303 e. The second-order valence-electron chi connectivity index (χ2n) is 4.43. The Bertz CT molecular complexity index is 767. The van der Waals surface area contributed by atoms with Crippen molar-refractivity contribution >= 4 is 28.2 Å². The number of carboxylic acids is 1. The molecule has 1 N–H and O–H groups in total. The van der Waals surface area contributed by atoms with Gasteiger partial charge in [-0.25, -0.2) is 9.97 Å². The van der Waals surface area contributed by atoms with Crippen LogP contribution in [-0.4, -0.2) is 21.0 Å². The number of hydrogen-bond donors (Lipinski definition) is 1. The first-order chi connectivity index (χ1) is 9.72. The first kappa shape index (κ1) is 12.7. The highest BCUT2D eigenvalue weighted by molar-refractivity contribution is 7.13. The molecule has 0 aliphatic heterocycles. The van der Waals surface area contributed by atoms with E-state index in [-0.39, 0.29) is 6.42 Å². The lowest BCUT2D eigenvalue weighted by atomic mass is 10.2. The summed E-state index contributed by atoms with van der Waals surface area (Å²) in [6.07, 6.45) is 0.563. The third-order valence-corrected chi connectivity index (χ3v) is 3.88. The van der Waals surface area contributed by atoms with Crippen LogP contribution >= 0.6 is 11.3 Å². The maximum absolute atomic E-state index is 10.6. The Morgan fingerprint density at radius 2 is 2.00 bits per heavy atom. The Morgan fingerprint density at radius 3 is 2.85 bits per heavy atom. The number of benzene rings is 1. The molecule has 0 aliphatic carbocycles. The molecule has 100 valence electrons. The van der Waals surface area contributed by atoms with E-state index in [2.05, 4.69) is 9.97 Å². The van der Waals surface area contributed by atoms with Gasteiger partial charge in [0.15, 0.2) is 0 Å². The molecular weight excluding hydrogens is 272 g/mol. The molecule has 1 aromatic carbocycles. The van der Waals surface area contributed by atoms with Crippen LogP contribution in [0.5, 0.6) is 0 Å². The van der Waals surface area contributed by atoms with Crippen molar-refractivity contribution in [3.05, 3.63) is 47.5 Å². The molecule has 0 fully saturated rings. The topological polar surface area (TPSA) is 63.1 Å². The molecule has 4 nitrogen and oxygen atoms in total. The molecule has 0 bridgehead atoms. The lowest BCUT2D eigenvalue weighted by Crippen LogP contribution is -1.97. The van der Waals surface area contributed by atoms with E-state index in [1.807, 2.05) is 41.8 Å². The van der Waals surface area contributed by atoms with E-state index >= 15 is 0 Å². The van der Waals surface area contributed by atoms with E-state index < -0.39 is 5.97 Å².